The van der Waals surface area contributed by atoms with Crippen LogP contribution in [0.15, 0.2) is 0 Å². The zero-order chi connectivity index (χ0) is 36.0. The molecule has 0 aliphatic heterocycles. The van der Waals surface area contributed by atoms with Gasteiger partial charge in [0.2, 0.25) is 23.6 Å². The van der Waals surface area contributed by atoms with Crippen molar-refractivity contribution in [3.63, 3.8) is 0 Å². The molecule has 17 heteroatoms. The van der Waals surface area contributed by atoms with Gasteiger partial charge in [-0.25, -0.2) is 0 Å². The number of hydrogen-bond donors (Lipinski definition) is 10. The monoisotopic (exact) mass is 711 g/mol. The molecule has 0 heterocycles. The van der Waals surface area contributed by atoms with Crippen molar-refractivity contribution in [3.05, 3.63) is 0 Å². The van der Waals surface area contributed by atoms with Gasteiger partial charge in [-0.3, -0.25) is 24.0 Å². The summed E-state index contributed by atoms with van der Waals surface area (Å²) in [4.78, 5) is 57.8. The first-order valence-electron chi connectivity index (χ1n) is 15.9. The zero-order valence-corrected chi connectivity index (χ0v) is 29.7. The predicted molar refractivity (Wildman–Crippen MR) is 182 cm³/mol. The van der Waals surface area contributed by atoms with E-state index in [2.05, 4.69) is 21.3 Å². The highest BCUT2D eigenvalue weighted by Crippen LogP contribution is 2.28. The van der Waals surface area contributed by atoms with Crippen LogP contribution in [-0.4, -0.2) is 125 Å². The molecule has 1 aliphatic rings. The van der Waals surface area contributed by atoms with Crippen LogP contribution in [0.3, 0.4) is 0 Å². The fraction of sp³-hybridized carbons (Fsp3) is 0.833. The van der Waals surface area contributed by atoms with Crippen LogP contribution in [-0.2, 0) is 24.0 Å². The summed E-state index contributed by atoms with van der Waals surface area (Å²) in [5.41, 5.74) is 3.54. The van der Waals surface area contributed by atoms with Gasteiger partial charge < -0.3 is 52.5 Å². The van der Waals surface area contributed by atoms with Gasteiger partial charge in [0.1, 0.15) is 12.2 Å². The lowest BCUT2D eigenvalue weighted by Gasteiger charge is -2.27. The van der Waals surface area contributed by atoms with Gasteiger partial charge in [-0.15, -0.1) is 0 Å². The Morgan fingerprint density at radius 3 is 1.40 bits per heavy atom. The Balaban J connectivity index is 0.00000160. The minimum absolute atomic E-state index is 0.0699. The number of carboxylic acid groups (broad SMARTS) is 1. The van der Waals surface area contributed by atoms with E-state index in [0.717, 1.165) is 25.7 Å². The highest BCUT2D eigenvalue weighted by molar-refractivity contribution is 8.76. The summed E-state index contributed by atoms with van der Waals surface area (Å²) in [7, 11) is 3.07. The van der Waals surface area contributed by atoms with Gasteiger partial charge in [0.05, 0.1) is 19.1 Å². The summed E-state index contributed by atoms with van der Waals surface area (Å²) in [5.74, 6) is -0.591. The minimum atomic E-state index is -1.37. The SMILES string of the molecule is CC(C)(CO)C(O)C(=O)NCCC(=O)NCCSSCCNC(=O)CCNC(=O)C(O)C(C)(C)CO.NCC1CCC(C(=O)O)CC1. The van der Waals surface area contributed by atoms with E-state index in [1.54, 1.807) is 27.7 Å². The van der Waals surface area contributed by atoms with Gasteiger partial charge in [-0.2, -0.15) is 0 Å². The smallest absolute Gasteiger partial charge is 0.306 e. The van der Waals surface area contributed by atoms with Crippen LogP contribution >= 0.6 is 21.6 Å². The number of nitrogens with one attached hydrogen (secondary N) is 4. The predicted octanol–water partition coefficient (Wildman–Crippen LogP) is -0.792. The van der Waals surface area contributed by atoms with Crippen LogP contribution in [0.5, 0.6) is 0 Å². The third-order valence-corrected chi connectivity index (χ3v) is 10.1. The van der Waals surface area contributed by atoms with Crippen molar-refractivity contribution in [2.45, 2.75) is 78.4 Å². The first-order valence-corrected chi connectivity index (χ1v) is 18.3. The Labute approximate surface area is 285 Å². The summed E-state index contributed by atoms with van der Waals surface area (Å²) in [6.45, 7) is 7.30. The van der Waals surface area contributed by atoms with E-state index in [4.69, 9.17) is 10.8 Å². The summed E-state index contributed by atoms with van der Waals surface area (Å²) in [6, 6.07) is 0. The van der Waals surface area contributed by atoms with Gasteiger partial charge in [0.25, 0.3) is 0 Å². The van der Waals surface area contributed by atoms with Gasteiger partial charge in [0.15, 0.2) is 0 Å². The molecule has 2 unspecified atom stereocenters. The molecule has 4 amide bonds. The van der Waals surface area contributed by atoms with E-state index >= 15 is 0 Å². The van der Waals surface area contributed by atoms with Crippen LogP contribution in [0.4, 0.5) is 0 Å². The van der Waals surface area contributed by atoms with Crippen LogP contribution in [0, 0.1) is 22.7 Å². The minimum Gasteiger partial charge on any atom is -0.481 e. The fourth-order valence-electron chi connectivity index (χ4n) is 4.08. The second-order valence-corrected chi connectivity index (χ2v) is 15.5. The largest absolute Gasteiger partial charge is 0.481 e. The Morgan fingerprint density at radius 1 is 0.702 bits per heavy atom. The molecule has 0 aromatic heterocycles. The average Bonchev–Trinajstić information content (AvgIpc) is 3.05. The number of aliphatic hydroxyl groups is 4. The molecule has 1 aliphatic carbocycles. The Morgan fingerprint density at radius 2 is 1.09 bits per heavy atom. The van der Waals surface area contributed by atoms with Crippen LogP contribution in [0.2, 0.25) is 0 Å². The molecule has 274 valence electrons. The van der Waals surface area contributed by atoms with E-state index in [-0.39, 0.29) is 56.9 Å². The highest BCUT2D eigenvalue weighted by Gasteiger charge is 2.33. The number of carbonyl (C=O) groups is 5. The molecule has 2 atom stereocenters. The molecular formula is C30H57N5O10S2. The number of aliphatic carboxylic acids is 1. The molecule has 0 bridgehead atoms. The molecule has 1 saturated carbocycles. The average molecular weight is 712 g/mol. The number of rotatable bonds is 21. The second-order valence-electron chi connectivity index (χ2n) is 12.8. The lowest BCUT2D eigenvalue weighted by Crippen LogP contribution is -2.46. The van der Waals surface area contributed by atoms with E-state index < -0.39 is 40.8 Å². The summed E-state index contributed by atoms with van der Waals surface area (Å²) in [6.07, 6.45) is 1.03. The first-order chi connectivity index (χ1) is 22.0. The van der Waals surface area contributed by atoms with Crippen molar-refractivity contribution in [2.75, 3.05) is 57.4 Å². The van der Waals surface area contributed by atoms with Crippen LogP contribution < -0.4 is 27.0 Å². The highest BCUT2D eigenvalue weighted by atomic mass is 33.1. The molecular weight excluding hydrogens is 654 g/mol. The number of aliphatic hydroxyl groups excluding tert-OH is 4. The van der Waals surface area contributed by atoms with Crippen molar-refractivity contribution in [1.82, 2.24) is 21.3 Å². The third kappa shape index (κ3) is 19.4. The second kappa shape index (κ2) is 24.1. The number of carboxylic acids is 1. The number of hydrogen-bond acceptors (Lipinski definition) is 12. The molecule has 0 aromatic rings. The maximum Gasteiger partial charge on any atom is 0.306 e. The lowest BCUT2D eigenvalue weighted by atomic mass is 9.82. The topological polar surface area (TPSA) is 261 Å². The van der Waals surface area contributed by atoms with Crippen molar-refractivity contribution >= 4 is 51.2 Å². The molecule has 0 spiro atoms. The molecule has 11 N–H and O–H groups in total. The Kier molecular flexibility index (Phi) is 23.0. The number of nitrogens with two attached hydrogens (primary N) is 1. The van der Waals surface area contributed by atoms with E-state index in [0.29, 0.717) is 37.1 Å². The molecule has 1 fully saturated rings. The fourth-order valence-corrected chi connectivity index (χ4v) is 5.89. The quantitative estimate of drug-likeness (QED) is 0.0518. The number of carbonyl (C=O) groups excluding carboxylic acids is 4. The first kappa shape index (κ1) is 44.9. The van der Waals surface area contributed by atoms with Crippen molar-refractivity contribution in [2.24, 2.45) is 28.4 Å². The Hall–Kier alpha value is -2.15. The van der Waals surface area contributed by atoms with Crippen molar-refractivity contribution < 1.29 is 49.5 Å². The molecule has 0 saturated heterocycles. The molecule has 1 rings (SSSR count). The summed E-state index contributed by atoms with van der Waals surface area (Å²) >= 11 is 0. The van der Waals surface area contributed by atoms with E-state index in [9.17, 15) is 44.4 Å². The van der Waals surface area contributed by atoms with Crippen LogP contribution in [0.1, 0.15) is 66.2 Å². The Bertz CT molecular complexity index is 907. The normalized spacial score (nSPS) is 17.7. The van der Waals surface area contributed by atoms with Crippen molar-refractivity contribution in [3.8, 4) is 0 Å². The molecule has 47 heavy (non-hydrogen) atoms. The summed E-state index contributed by atoms with van der Waals surface area (Å²) in [5, 5.41) is 57.2. The molecule has 0 radical (unpaired) electrons. The molecule has 0 aromatic carbocycles. The maximum atomic E-state index is 11.8. The van der Waals surface area contributed by atoms with Crippen LogP contribution in [0.25, 0.3) is 0 Å². The van der Waals surface area contributed by atoms with E-state index in [1.807, 2.05) is 0 Å². The maximum absolute atomic E-state index is 11.8. The van der Waals surface area contributed by atoms with E-state index in [1.165, 1.54) is 21.6 Å². The van der Waals surface area contributed by atoms with Gasteiger partial charge in [-0.1, -0.05) is 49.3 Å². The summed E-state index contributed by atoms with van der Waals surface area (Å²) < 4.78 is 0. The van der Waals surface area contributed by atoms with Crippen molar-refractivity contribution in [1.29, 1.82) is 0 Å². The number of amides is 4. The third-order valence-electron chi connectivity index (χ3n) is 7.72. The standard InChI is InChI=1S/C22H42N4O8S2.C8H15NO2/c1-21(2,13-27)17(31)19(33)25-7-5-15(29)23-9-11-35-36-12-10-24-16(30)6-8-26-20(34)18(32)22(3,4)14-28;9-5-6-1-3-7(4-2-6)8(10)11/h17-18,27-28,31-32H,5-14H2,1-4H3,(H,23,29)(H,24,30)(H,25,33)(H,26,34);6-7H,1-5,9H2,(H,10,11). The van der Waals surface area contributed by atoms with Gasteiger partial charge in [0, 0.05) is 61.4 Å². The molecule has 15 nitrogen and oxygen atoms in total. The van der Waals surface area contributed by atoms with Gasteiger partial charge >= 0.3 is 5.97 Å². The zero-order valence-electron chi connectivity index (χ0n) is 28.1. The van der Waals surface area contributed by atoms with Gasteiger partial charge in [-0.05, 0) is 38.1 Å². The lowest BCUT2D eigenvalue weighted by molar-refractivity contribution is -0.143.